The van der Waals surface area contributed by atoms with Crippen LogP contribution < -0.4 is 0 Å². The van der Waals surface area contributed by atoms with E-state index in [-0.39, 0.29) is 18.4 Å². The molecule has 1 aliphatic heterocycles. The van der Waals surface area contributed by atoms with Gasteiger partial charge in [-0.1, -0.05) is 25.7 Å². The Morgan fingerprint density at radius 2 is 1.90 bits per heavy atom. The fourth-order valence-corrected chi connectivity index (χ4v) is 3.32. The summed E-state index contributed by atoms with van der Waals surface area (Å²) < 4.78 is 5.30. The van der Waals surface area contributed by atoms with Gasteiger partial charge in [0.25, 0.3) is 0 Å². The van der Waals surface area contributed by atoms with Crippen LogP contribution in [-0.2, 0) is 14.3 Å². The van der Waals surface area contributed by atoms with Gasteiger partial charge in [-0.15, -0.1) is 0 Å². The topological polar surface area (TPSA) is 66.8 Å². The Balaban J connectivity index is 2.03. The minimum Gasteiger partial charge on any atom is -0.481 e. The number of nitrogens with zero attached hydrogens (tertiary/aromatic N) is 1. The number of likely N-dealkylation sites (N-methyl/N-ethyl adjacent to an activating group) is 1. The summed E-state index contributed by atoms with van der Waals surface area (Å²) >= 11 is 0. The fourth-order valence-electron chi connectivity index (χ4n) is 3.32. The average Bonchev–Trinajstić information content (AvgIpc) is 2.85. The van der Waals surface area contributed by atoms with Crippen molar-refractivity contribution in [2.24, 2.45) is 5.41 Å². The van der Waals surface area contributed by atoms with Gasteiger partial charge in [0.05, 0.1) is 18.1 Å². The van der Waals surface area contributed by atoms with Crippen LogP contribution in [0.2, 0.25) is 0 Å². The summed E-state index contributed by atoms with van der Waals surface area (Å²) in [7, 11) is 1.77. The zero-order chi connectivity index (χ0) is 14.6. The van der Waals surface area contributed by atoms with E-state index in [4.69, 9.17) is 4.74 Å². The highest BCUT2D eigenvalue weighted by Crippen LogP contribution is 2.39. The molecule has 114 valence electrons. The van der Waals surface area contributed by atoms with Crippen molar-refractivity contribution in [3.8, 4) is 0 Å². The van der Waals surface area contributed by atoms with Crippen molar-refractivity contribution < 1.29 is 19.4 Å². The van der Waals surface area contributed by atoms with Crippen molar-refractivity contribution in [3.63, 3.8) is 0 Å². The predicted octanol–water partition coefficient (Wildman–Crippen LogP) is 2.05. The Bertz CT molecular complexity index is 355. The summed E-state index contributed by atoms with van der Waals surface area (Å²) in [5.74, 6) is -0.853. The van der Waals surface area contributed by atoms with E-state index in [2.05, 4.69) is 0 Å². The van der Waals surface area contributed by atoms with E-state index in [0.717, 1.165) is 32.1 Å². The second-order valence-electron chi connectivity index (χ2n) is 6.20. The van der Waals surface area contributed by atoms with Gasteiger partial charge < -0.3 is 14.7 Å². The molecule has 2 fully saturated rings. The normalized spacial score (nSPS) is 25.9. The van der Waals surface area contributed by atoms with Crippen molar-refractivity contribution in [1.82, 2.24) is 4.90 Å². The summed E-state index contributed by atoms with van der Waals surface area (Å²) in [6.45, 7) is 1.26. The molecule has 0 bridgehead atoms. The summed E-state index contributed by atoms with van der Waals surface area (Å²) in [5, 5.41) is 9.61. The van der Waals surface area contributed by atoms with Crippen molar-refractivity contribution in [1.29, 1.82) is 0 Å². The van der Waals surface area contributed by atoms with Crippen LogP contribution in [0.4, 0.5) is 0 Å². The summed E-state index contributed by atoms with van der Waals surface area (Å²) in [5.41, 5.74) is -0.846. The van der Waals surface area contributed by atoms with Gasteiger partial charge in [-0.3, -0.25) is 9.59 Å². The highest BCUT2D eigenvalue weighted by Gasteiger charge is 2.42. The van der Waals surface area contributed by atoms with Gasteiger partial charge in [0.1, 0.15) is 0 Å². The minimum atomic E-state index is -0.846. The Labute approximate surface area is 120 Å². The molecular formula is C15H25NO4. The zero-order valence-electron chi connectivity index (χ0n) is 12.3. The first-order valence-corrected chi connectivity index (χ1v) is 7.62. The summed E-state index contributed by atoms with van der Waals surface area (Å²) in [6, 6.07) is 0.110. The minimum absolute atomic E-state index is 0.0511. The molecule has 0 aromatic heterocycles. The van der Waals surface area contributed by atoms with Crippen molar-refractivity contribution >= 4 is 11.9 Å². The van der Waals surface area contributed by atoms with Crippen molar-refractivity contribution in [2.75, 3.05) is 20.3 Å². The Hall–Kier alpha value is -1.10. The van der Waals surface area contributed by atoms with Gasteiger partial charge in [-0.05, 0) is 19.3 Å². The standard InChI is InChI=1S/C15H25NO4/c1-16(12-6-9-20-11-12)13(17)10-15(14(18)19)7-4-2-3-5-8-15/h12H,2-11H2,1H3,(H,18,19). The molecule has 0 radical (unpaired) electrons. The number of carboxylic acid groups (broad SMARTS) is 1. The van der Waals surface area contributed by atoms with E-state index >= 15 is 0 Å². The highest BCUT2D eigenvalue weighted by atomic mass is 16.5. The van der Waals surface area contributed by atoms with E-state index < -0.39 is 11.4 Å². The van der Waals surface area contributed by atoms with Crippen molar-refractivity contribution in [3.05, 3.63) is 0 Å². The third kappa shape index (κ3) is 3.32. The maximum Gasteiger partial charge on any atom is 0.310 e. The molecule has 1 heterocycles. The Kier molecular flexibility index (Phi) is 5.02. The van der Waals surface area contributed by atoms with Gasteiger partial charge in [-0.25, -0.2) is 0 Å². The number of hydrogen-bond donors (Lipinski definition) is 1. The van der Waals surface area contributed by atoms with Gasteiger partial charge in [0.15, 0.2) is 0 Å². The zero-order valence-corrected chi connectivity index (χ0v) is 12.3. The Morgan fingerprint density at radius 3 is 2.40 bits per heavy atom. The molecule has 1 amide bonds. The molecule has 1 saturated heterocycles. The van der Waals surface area contributed by atoms with Crippen LogP contribution in [0.5, 0.6) is 0 Å². The molecule has 0 spiro atoms. The molecule has 1 N–H and O–H groups in total. The van der Waals surface area contributed by atoms with Crippen LogP contribution in [-0.4, -0.2) is 48.2 Å². The molecule has 0 aromatic carbocycles. The lowest BCUT2D eigenvalue weighted by Gasteiger charge is -2.31. The smallest absolute Gasteiger partial charge is 0.310 e. The second-order valence-corrected chi connectivity index (χ2v) is 6.20. The molecule has 1 atom stereocenters. The van der Waals surface area contributed by atoms with Crippen LogP contribution in [0, 0.1) is 5.41 Å². The van der Waals surface area contributed by atoms with Crippen LogP contribution in [0.15, 0.2) is 0 Å². The van der Waals surface area contributed by atoms with Gasteiger partial charge >= 0.3 is 5.97 Å². The SMILES string of the molecule is CN(C(=O)CC1(C(=O)O)CCCCCC1)C1CCOC1. The lowest BCUT2D eigenvalue weighted by molar-refractivity contribution is -0.155. The number of amides is 1. The molecule has 5 heteroatoms. The number of carbonyl (C=O) groups is 2. The molecule has 5 nitrogen and oxygen atoms in total. The van der Waals surface area contributed by atoms with Gasteiger partial charge in [-0.2, -0.15) is 0 Å². The lowest BCUT2D eigenvalue weighted by Crippen LogP contribution is -2.42. The molecule has 1 aliphatic carbocycles. The average molecular weight is 283 g/mol. The maximum absolute atomic E-state index is 12.4. The molecule has 20 heavy (non-hydrogen) atoms. The van der Waals surface area contributed by atoms with E-state index in [0.29, 0.717) is 26.1 Å². The molecule has 1 unspecified atom stereocenters. The van der Waals surface area contributed by atoms with Gasteiger partial charge in [0.2, 0.25) is 5.91 Å². The second kappa shape index (κ2) is 6.57. The first-order valence-electron chi connectivity index (χ1n) is 7.62. The monoisotopic (exact) mass is 283 g/mol. The van der Waals surface area contributed by atoms with E-state index in [1.165, 1.54) is 0 Å². The Morgan fingerprint density at radius 1 is 1.25 bits per heavy atom. The highest BCUT2D eigenvalue weighted by molar-refractivity contribution is 5.85. The predicted molar refractivity (Wildman–Crippen MR) is 74.4 cm³/mol. The largest absolute Gasteiger partial charge is 0.481 e. The van der Waals surface area contributed by atoms with Crippen LogP contribution in [0.1, 0.15) is 51.4 Å². The molecule has 2 rings (SSSR count). The molecule has 0 aromatic rings. The molecule has 1 saturated carbocycles. The van der Waals surface area contributed by atoms with Crippen LogP contribution in [0.3, 0.4) is 0 Å². The quantitative estimate of drug-likeness (QED) is 0.802. The fraction of sp³-hybridized carbons (Fsp3) is 0.867. The number of carboxylic acids is 1. The number of carbonyl (C=O) groups excluding carboxylic acids is 1. The number of aliphatic carboxylic acids is 1. The van der Waals surface area contributed by atoms with Crippen molar-refractivity contribution in [2.45, 2.75) is 57.4 Å². The van der Waals surface area contributed by atoms with E-state index in [1.54, 1.807) is 11.9 Å². The molecular weight excluding hydrogens is 258 g/mol. The third-order valence-electron chi connectivity index (χ3n) is 4.85. The number of hydrogen-bond acceptors (Lipinski definition) is 3. The van der Waals surface area contributed by atoms with E-state index in [9.17, 15) is 14.7 Å². The maximum atomic E-state index is 12.4. The first-order chi connectivity index (χ1) is 9.55. The van der Waals surface area contributed by atoms with Gasteiger partial charge in [0, 0.05) is 20.1 Å². The van der Waals surface area contributed by atoms with Crippen LogP contribution in [0.25, 0.3) is 0 Å². The van der Waals surface area contributed by atoms with Crippen LogP contribution >= 0.6 is 0 Å². The first kappa shape index (κ1) is 15.3. The summed E-state index contributed by atoms with van der Waals surface area (Å²) in [6.07, 6.45) is 6.22. The number of ether oxygens (including phenoxy) is 1. The summed E-state index contributed by atoms with van der Waals surface area (Å²) in [4.78, 5) is 25.8. The van der Waals surface area contributed by atoms with E-state index in [1.807, 2.05) is 0 Å². The lowest BCUT2D eigenvalue weighted by atomic mass is 9.77. The third-order valence-corrected chi connectivity index (χ3v) is 4.85. The molecule has 2 aliphatic rings. The number of rotatable bonds is 4.